The van der Waals surface area contributed by atoms with Crippen LogP contribution in [0.4, 0.5) is 0 Å². The number of nitrogens with zero attached hydrogens (tertiary/aromatic N) is 4. The highest BCUT2D eigenvalue weighted by Gasteiger charge is 2.47. The van der Waals surface area contributed by atoms with Crippen molar-refractivity contribution in [3.8, 4) is 23.0 Å². The van der Waals surface area contributed by atoms with Crippen LogP contribution in [0, 0.1) is 23.7 Å². The molecule has 4 bridgehead atoms. The van der Waals surface area contributed by atoms with E-state index in [-0.39, 0.29) is 34.8 Å². The molecular weight excluding hydrogens is 801 g/mol. The maximum absolute atomic E-state index is 15.1. The summed E-state index contributed by atoms with van der Waals surface area (Å²) in [6, 6.07) is 27.0. The minimum Gasteiger partial charge on any atom is -0.497 e. The second-order valence-corrected chi connectivity index (χ2v) is 18.7. The molecule has 10 nitrogen and oxygen atoms in total. The first-order valence-electron chi connectivity index (χ1n) is 23.4. The van der Waals surface area contributed by atoms with Gasteiger partial charge in [0, 0.05) is 58.5 Å². The van der Waals surface area contributed by atoms with Gasteiger partial charge < -0.3 is 18.9 Å². The molecule has 10 heteroatoms. The van der Waals surface area contributed by atoms with Crippen molar-refractivity contribution in [3.05, 3.63) is 131 Å². The zero-order chi connectivity index (χ0) is 43.6. The molecule has 0 spiro atoms. The maximum atomic E-state index is 15.1. The van der Waals surface area contributed by atoms with Gasteiger partial charge >= 0.3 is 0 Å². The summed E-state index contributed by atoms with van der Waals surface area (Å²) in [7, 11) is 3.35. The van der Waals surface area contributed by atoms with E-state index in [1.165, 1.54) is 0 Å². The van der Waals surface area contributed by atoms with Gasteiger partial charge in [-0.1, -0.05) is 51.0 Å². The number of hydrogen-bond acceptors (Lipinski definition) is 10. The smallest absolute Gasteiger partial charge is 0.198 e. The Kier molecular flexibility index (Phi) is 10.6. The second-order valence-electron chi connectivity index (χ2n) is 18.7. The highest BCUT2D eigenvalue weighted by atomic mass is 16.5. The lowest BCUT2D eigenvalue weighted by Gasteiger charge is -2.52. The molecule has 7 aliphatic rings. The highest BCUT2D eigenvalue weighted by molar-refractivity contribution is 6.30. The van der Waals surface area contributed by atoms with Crippen molar-refractivity contribution in [2.24, 2.45) is 23.7 Å². The van der Waals surface area contributed by atoms with Crippen LogP contribution in [0.25, 0.3) is 21.8 Å². The fourth-order valence-electron chi connectivity index (χ4n) is 12.3. The fraction of sp³-hybridized carbons (Fsp3) is 0.407. The lowest BCUT2D eigenvalue weighted by atomic mass is 9.72. The quantitative estimate of drug-likeness (QED) is 0.118. The molecule has 10 atom stereocenters. The average molecular weight is 857 g/mol. The van der Waals surface area contributed by atoms with Crippen LogP contribution in [0.15, 0.2) is 97.3 Å². The zero-order valence-electron chi connectivity index (χ0n) is 37.2. The minimum absolute atomic E-state index is 0.0377. The molecule has 0 N–H and O–H groups in total. The Morgan fingerprint density at radius 2 is 1.06 bits per heavy atom. The monoisotopic (exact) mass is 856 g/mol. The van der Waals surface area contributed by atoms with E-state index in [1.54, 1.807) is 26.4 Å². The average Bonchev–Trinajstić information content (AvgIpc) is 3.36. The summed E-state index contributed by atoms with van der Waals surface area (Å²) in [6.45, 7) is 8.58. The third kappa shape index (κ3) is 6.83. The Bertz CT molecular complexity index is 2600. The van der Waals surface area contributed by atoms with Crippen LogP contribution in [0.1, 0.15) is 108 Å². The summed E-state index contributed by atoms with van der Waals surface area (Å²) in [5.41, 5.74) is 4.87. The van der Waals surface area contributed by atoms with Crippen molar-refractivity contribution in [2.75, 3.05) is 40.4 Å². The van der Waals surface area contributed by atoms with Gasteiger partial charge in [0.15, 0.2) is 11.6 Å². The second kappa shape index (κ2) is 16.6. The predicted molar refractivity (Wildman–Crippen MR) is 247 cm³/mol. The normalized spacial score (nSPS) is 26.6. The number of fused-ring (bicyclic) bond motifs is 10. The van der Waals surface area contributed by atoms with Crippen LogP contribution in [-0.4, -0.2) is 83.8 Å². The standard InChI is InChI=1S/C54H56N4O6/c1-5-31-29-57-23-19-33(31)25-45(57)53(39-17-21-55-43-13-11-35(61-3)27-41(39)43)63-47-15-16-48(50-49(47)51(59)37-9-7-8-10-38(37)52(50)60)64-54(46-26-34-20-24-58(46)30-32(34)6-2)40-18-22-56-44-14-12-36(62-4)28-42(40)44/h7-18,21-22,27-28,31-34,45-46,53-54H,5-6,19-20,23-26,29-30H2,1-4H3/t31-,32-,33+,34+,45-,46-,53-,54-/m1/s1. The van der Waals surface area contributed by atoms with Crippen LogP contribution in [-0.2, 0) is 0 Å². The van der Waals surface area contributed by atoms with E-state index < -0.39 is 12.2 Å². The summed E-state index contributed by atoms with van der Waals surface area (Å²) in [5.74, 6) is 4.15. The molecular formula is C54H56N4O6. The maximum Gasteiger partial charge on any atom is 0.198 e. The van der Waals surface area contributed by atoms with Crippen LogP contribution in [0.5, 0.6) is 23.0 Å². The third-order valence-electron chi connectivity index (χ3n) is 15.7. The first kappa shape index (κ1) is 40.9. The van der Waals surface area contributed by atoms with Crippen molar-refractivity contribution in [1.29, 1.82) is 0 Å². The van der Waals surface area contributed by atoms with Gasteiger partial charge in [0.2, 0.25) is 0 Å². The lowest BCUT2D eigenvalue weighted by Crippen LogP contribution is -2.56. The molecule has 1 aliphatic carbocycles. The first-order chi connectivity index (χ1) is 31.3. The molecule has 2 unspecified atom stereocenters. The van der Waals surface area contributed by atoms with Gasteiger partial charge in [-0.15, -0.1) is 0 Å². The molecule has 0 saturated carbocycles. The molecule has 0 radical (unpaired) electrons. The van der Waals surface area contributed by atoms with Gasteiger partial charge in [-0.25, -0.2) is 0 Å². The summed E-state index contributed by atoms with van der Waals surface area (Å²) in [4.78, 5) is 45.0. The number of carbonyl (C=O) groups is 2. The van der Waals surface area contributed by atoms with Crippen LogP contribution in [0.2, 0.25) is 0 Å². The van der Waals surface area contributed by atoms with E-state index in [0.717, 1.165) is 109 Å². The number of hydrogen-bond donors (Lipinski definition) is 0. The van der Waals surface area contributed by atoms with E-state index >= 15 is 9.59 Å². The van der Waals surface area contributed by atoms with E-state index in [9.17, 15) is 0 Å². The molecule has 0 amide bonds. The zero-order valence-corrected chi connectivity index (χ0v) is 37.2. The van der Waals surface area contributed by atoms with Crippen molar-refractivity contribution in [2.45, 2.75) is 76.7 Å². The Morgan fingerprint density at radius 1 is 0.609 bits per heavy atom. The molecule has 64 heavy (non-hydrogen) atoms. The molecule has 2 aromatic heterocycles. The fourth-order valence-corrected chi connectivity index (χ4v) is 12.3. The van der Waals surface area contributed by atoms with E-state index in [1.807, 2.05) is 85.2 Å². The summed E-state index contributed by atoms with van der Waals surface area (Å²) in [6.07, 6.45) is 9.30. The Labute approximate surface area is 374 Å². The predicted octanol–water partition coefficient (Wildman–Crippen LogP) is 10.1. The number of aromatic nitrogens is 2. The number of rotatable bonds is 12. The number of benzene rings is 4. The number of carbonyl (C=O) groups excluding carboxylic acids is 2. The van der Waals surface area contributed by atoms with Crippen molar-refractivity contribution in [1.82, 2.24) is 19.8 Å². The Hall–Kier alpha value is -5.84. The number of ether oxygens (including phenoxy) is 4. The topological polar surface area (TPSA) is 103 Å². The van der Waals surface area contributed by atoms with Gasteiger partial charge in [0.1, 0.15) is 35.2 Å². The number of ketones is 2. The van der Waals surface area contributed by atoms with Crippen LogP contribution < -0.4 is 18.9 Å². The van der Waals surface area contributed by atoms with Gasteiger partial charge in [-0.2, -0.15) is 0 Å². The summed E-state index contributed by atoms with van der Waals surface area (Å²) in [5, 5.41) is 1.88. The molecule has 328 valence electrons. The number of pyridine rings is 2. The van der Waals surface area contributed by atoms with Gasteiger partial charge in [-0.3, -0.25) is 29.4 Å². The number of methoxy groups -OCH3 is 2. The first-order valence-corrected chi connectivity index (χ1v) is 23.4. The molecule has 4 aromatic carbocycles. The van der Waals surface area contributed by atoms with Crippen molar-refractivity contribution >= 4 is 33.4 Å². The van der Waals surface area contributed by atoms with Crippen LogP contribution in [0.3, 0.4) is 0 Å². The largest absolute Gasteiger partial charge is 0.497 e. The van der Waals surface area contributed by atoms with Gasteiger partial charge in [0.25, 0.3) is 0 Å². The van der Waals surface area contributed by atoms with Crippen molar-refractivity contribution in [3.63, 3.8) is 0 Å². The van der Waals surface area contributed by atoms with Gasteiger partial charge in [-0.05, 0) is 123 Å². The third-order valence-corrected chi connectivity index (χ3v) is 15.7. The Morgan fingerprint density at radius 3 is 1.45 bits per heavy atom. The summed E-state index contributed by atoms with van der Waals surface area (Å²) < 4.78 is 26.3. The molecule has 6 aromatic rings. The minimum atomic E-state index is -0.475. The van der Waals surface area contributed by atoms with E-state index in [2.05, 4.69) is 23.6 Å². The number of piperidine rings is 6. The SMILES string of the molecule is CC[C@@H]1CN2CC[C@H]1C[C@@H]2[C@H](Oc1ccc(O[C@H](c2ccnc3ccc(OC)cc23)[C@H]2C[C@@H]3CCN2C[C@H]3CC)c2c1C(=O)c1ccccc1C2=O)c1ccnc2ccc(OC)cc12. The highest BCUT2D eigenvalue weighted by Crippen LogP contribution is 2.49. The molecule has 13 rings (SSSR count). The van der Waals surface area contributed by atoms with E-state index in [0.29, 0.717) is 46.3 Å². The van der Waals surface area contributed by atoms with Crippen LogP contribution >= 0.6 is 0 Å². The van der Waals surface area contributed by atoms with Gasteiger partial charge in [0.05, 0.1) is 48.5 Å². The lowest BCUT2D eigenvalue weighted by molar-refractivity contribution is -0.0493. The molecule has 8 heterocycles. The molecule has 6 saturated heterocycles. The molecule has 6 aliphatic heterocycles. The van der Waals surface area contributed by atoms with E-state index in [4.69, 9.17) is 28.9 Å². The van der Waals surface area contributed by atoms with Crippen molar-refractivity contribution < 1.29 is 28.5 Å². The Balaban J connectivity index is 1.07. The summed E-state index contributed by atoms with van der Waals surface area (Å²) >= 11 is 0. The molecule has 6 fully saturated rings.